The molecule has 0 fully saturated rings. The van der Waals surface area contributed by atoms with Crippen molar-refractivity contribution in [3.05, 3.63) is 18.2 Å². The summed E-state index contributed by atoms with van der Waals surface area (Å²) in [5.41, 5.74) is 5.84. The molecule has 6 N–H and O–H groups in total. The van der Waals surface area contributed by atoms with Gasteiger partial charge in [-0.05, 0) is 0 Å². The zero-order chi connectivity index (χ0) is 12.8. The fourth-order valence-corrected chi connectivity index (χ4v) is 1.22. The van der Waals surface area contributed by atoms with Gasteiger partial charge in [0.25, 0.3) is 0 Å². The summed E-state index contributed by atoms with van der Waals surface area (Å²) in [6.07, 6.45) is 3.18. The molecule has 94 valence electrons. The van der Waals surface area contributed by atoms with E-state index in [0.29, 0.717) is 5.69 Å². The summed E-state index contributed by atoms with van der Waals surface area (Å²) in [7, 11) is 0. The van der Waals surface area contributed by atoms with Crippen LogP contribution in [0.5, 0.6) is 0 Å². The molecule has 0 saturated carbocycles. The Balaban J connectivity index is 2.49. The van der Waals surface area contributed by atoms with E-state index in [0.717, 1.165) is 0 Å². The number of hydrogen-bond acceptors (Lipinski definition) is 5. The number of hydrogen-bond donors (Lipinski definition) is 5. The Morgan fingerprint density at radius 3 is 2.65 bits per heavy atom. The second-order valence-corrected chi connectivity index (χ2v) is 3.51. The molecule has 1 aromatic rings. The molecule has 0 spiro atoms. The van der Waals surface area contributed by atoms with Crippen molar-refractivity contribution in [2.75, 3.05) is 6.54 Å². The Bertz CT molecular complexity index is 378. The lowest BCUT2D eigenvalue weighted by molar-refractivity contribution is -0.141. The summed E-state index contributed by atoms with van der Waals surface area (Å²) >= 11 is 0. The number of imidazole rings is 1. The maximum Gasteiger partial charge on any atom is 0.321 e. The zero-order valence-electron chi connectivity index (χ0n) is 8.96. The molecule has 8 nitrogen and oxygen atoms in total. The van der Waals surface area contributed by atoms with Crippen LogP contribution in [0.3, 0.4) is 0 Å². The highest BCUT2D eigenvalue weighted by Crippen LogP contribution is 1.98. The molecule has 17 heavy (non-hydrogen) atoms. The van der Waals surface area contributed by atoms with E-state index < -0.39 is 24.0 Å². The molecular weight excluding hydrogens is 228 g/mol. The number of nitrogens with one attached hydrogen (secondary N) is 2. The zero-order valence-corrected chi connectivity index (χ0v) is 8.96. The summed E-state index contributed by atoms with van der Waals surface area (Å²) in [5, 5.41) is 20.1. The Morgan fingerprint density at radius 1 is 1.47 bits per heavy atom. The molecule has 0 saturated heterocycles. The van der Waals surface area contributed by atoms with Gasteiger partial charge in [-0.1, -0.05) is 0 Å². The largest absolute Gasteiger partial charge is 0.480 e. The molecule has 0 aliphatic heterocycles. The van der Waals surface area contributed by atoms with Crippen molar-refractivity contribution in [3.63, 3.8) is 0 Å². The van der Waals surface area contributed by atoms with Gasteiger partial charge in [-0.2, -0.15) is 0 Å². The van der Waals surface area contributed by atoms with Gasteiger partial charge < -0.3 is 26.2 Å². The van der Waals surface area contributed by atoms with Crippen molar-refractivity contribution in [2.45, 2.75) is 18.5 Å². The second-order valence-electron chi connectivity index (χ2n) is 3.51. The minimum absolute atomic E-state index is 0.114. The number of aromatic nitrogens is 2. The lowest BCUT2D eigenvalue weighted by Crippen LogP contribution is -2.47. The van der Waals surface area contributed by atoms with Gasteiger partial charge in [-0.25, -0.2) is 4.98 Å². The molecule has 0 aliphatic carbocycles. The van der Waals surface area contributed by atoms with Crippen LogP contribution in [0.4, 0.5) is 0 Å². The Kier molecular flexibility index (Phi) is 4.61. The minimum Gasteiger partial charge on any atom is -0.480 e. The first-order valence-electron chi connectivity index (χ1n) is 4.93. The van der Waals surface area contributed by atoms with E-state index in [4.69, 9.17) is 15.9 Å². The molecule has 2 atom stereocenters. The predicted molar refractivity (Wildman–Crippen MR) is 57.3 cm³/mol. The monoisotopic (exact) mass is 242 g/mol. The first-order chi connectivity index (χ1) is 8.00. The molecule has 1 rings (SSSR count). The summed E-state index contributed by atoms with van der Waals surface area (Å²) < 4.78 is 0. The van der Waals surface area contributed by atoms with E-state index in [2.05, 4.69) is 15.3 Å². The van der Waals surface area contributed by atoms with Crippen LogP contribution >= 0.6 is 0 Å². The highest BCUT2D eigenvalue weighted by molar-refractivity contribution is 5.75. The molecule has 8 heteroatoms. The molecular formula is C9H14N4O4. The Labute approximate surface area is 96.9 Å². The van der Waals surface area contributed by atoms with Crippen LogP contribution in [0.1, 0.15) is 5.69 Å². The number of nitrogens with zero attached hydrogens (tertiary/aromatic N) is 1. The van der Waals surface area contributed by atoms with Gasteiger partial charge in [0.2, 0.25) is 0 Å². The average Bonchev–Trinajstić information content (AvgIpc) is 2.75. The van der Waals surface area contributed by atoms with E-state index in [1.54, 1.807) is 6.20 Å². The van der Waals surface area contributed by atoms with Crippen LogP contribution in [-0.4, -0.2) is 50.7 Å². The first-order valence-corrected chi connectivity index (χ1v) is 4.93. The van der Waals surface area contributed by atoms with E-state index in [9.17, 15) is 9.59 Å². The molecule has 0 unspecified atom stereocenters. The number of aromatic amines is 1. The highest BCUT2D eigenvalue weighted by atomic mass is 16.4. The molecule has 0 aromatic carbocycles. The van der Waals surface area contributed by atoms with Gasteiger partial charge in [-0.3, -0.25) is 9.59 Å². The third-order valence-corrected chi connectivity index (χ3v) is 2.17. The summed E-state index contributed by atoms with van der Waals surface area (Å²) in [6, 6.07) is -2.04. The van der Waals surface area contributed by atoms with E-state index in [1.165, 1.54) is 6.33 Å². The molecule has 0 amide bonds. The minimum atomic E-state index is -1.18. The van der Waals surface area contributed by atoms with Crippen molar-refractivity contribution in [3.8, 4) is 0 Å². The quantitative estimate of drug-likeness (QED) is 0.388. The molecule has 1 aromatic heterocycles. The Hall–Kier alpha value is -1.93. The number of H-pyrrole nitrogens is 1. The number of carboxylic acids is 2. The van der Waals surface area contributed by atoms with Crippen molar-refractivity contribution in [1.29, 1.82) is 0 Å². The lowest BCUT2D eigenvalue weighted by atomic mass is 10.1. The fraction of sp³-hybridized carbons (Fsp3) is 0.444. The molecule has 0 bridgehead atoms. The smallest absolute Gasteiger partial charge is 0.321 e. The number of aliphatic carboxylic acids is 2. The van der Waals surface area contributed by atoms with Crippen LogP contribution in [0.25, 0.3) is 0 Å². The summed E-state index contributed by atoms with van der Waals surface area (Å²) in [5.74, 6) is -2.26. The number of carboxylic acid groups (broad SMARTS) is 2. The summed E-state index contributed by atoms with van der Waals surface area (Å²) in [6.45, 7) is -0.114. The maximum atomic E-state index is 10.9. The van der Waals surface area contributed by atoms with Crippen LogP contribution in [0.2, 0.25) is 0 Å². The average molecular weight is 242 g/mol. The van der Waals surface area contributed by atoms with Crippen LogP contribution in [-0.2, 0) is 16.0 Å². The van der Waals surface area contributed by atoms with Crippen molar-refractivity contribution < 1.29 is 19.8 Å². The van der Waals surface area contributed by atoms with Gasteiger partial charge in [-0.15, -0.1) is 0 Å². The highest BCUT2D eigenvalue weighted by Gasteiger charge is 2.21. The van der Waals surface area contributed by atoms with Crippen molar-refractivity contribution >= 4 is 11.9 Å². The van der Waals surface area contributed by atoms with Gasteiger partial charge in [0.15, 0.2) is 0 Å². The SMILES string of the molecule is N[C@@H](CN[C@@H](Cc1c[nH]cn1)C(=O)O)C(=O)O. The van der Waals surface area contributed by atoms with E-state index >= 15 is 0 Å². The normalized spacial score (nSPS) is 14.2. The van der Waals surface area contributed by atoms with Crippen molar-refractivity contribution in [2.24, 2.45) is 5.73 Å². The number of carbonyl (C=O) groups is 2. The van der Waals surface area contributed by atoms with Crippen LogP contribution < -0.4 is 11.1 Å². The number of rotatable bonds is 7. The third-order valence-electron chi connectivity index (χ3n) is 2.17. The predicted octanol–water partition coefficient (Wildman–Crippen LogP) is -1.59. The van der Waals surface area contributed by atoms with E-state index in [1.807, 2.05) is 0 Å². The number of nitrogens with two attached hydrogens (primary N) is 1. The maximum absolute atomic E-state index is 10.9. The standard InChI is InChI=1S/C9H14N4O4/c10-6(8(14)15)3-12-7(9(16)17)1-5-2-11-4-13-5/h2,4,6-7,12H,1,3,10H2,(H,11,13)(H,14,15)(H,16,17)/t6-,7-/m0/s1. The topological polar surface area (TPSA) is 141 Å². The lowest BCUT2D eigenvalue weighted by Gasteiger charge is -2.14. The van der Waals surface area contributed by atoms with E-state index in [-0.39, 0.29) is 13.0 Å². The second kappa shape index (κ2) is 5.97. The third kappa shape index (κ3) is 4.21. The van der Waals surface area contributed by atoms with Crippen molar-refractivity contribution in [1.82, 2.24) is 15.3 Å². The molecule has 0 aliphatic rings. The fourth-order valence-electron chi connectivity index (χ4n) is 1.22. The Morgan fingerprint density at radius 2 is 2.18 bits per heavy atom. The van der Waals surface area contributed by atoms with Gasteiger partial charge >= 0.3 is 11.9 Å². The van der Waals surface area contributed by atoms with Gasteiger partial charge in [0, 0.05) is 19.2 Å². The van der Waals surface area contributed by atoms with Crippen LogP contribution in [0, 0.1) is 0 Å². The van der Waals surface area contributed by atoms with Crippen LogP contribution in [0.15, 0.2) is 12.5 Å². The van der Waals surface area contributed by atoms with Gasteiger partial charge in [0.05, 0.1) is 12.0 Å². The first kappa shape index (κ1) is 13.1. The molecule has 0 radical (unpaired) electrons. The summed E-state index contributed by atoms with van der Waals surface area (Å²) in [4.78, 5) is 28.0. The van der Waals surface area contributed by atoms with Gasteiger partial charge in [0.1, 0.15) is 12.1 Å². The molecule has 1 heterocycles.